The summed E-state index contributed by atoms with van der Waals surface area (Å²) in [5.74, 6) is 0. The summed E-state index contributed by atoms with van der Waals surface area (Å²) >= 11 is 0. The molecular formula is C17H43CoN3Si2+. The molecule has 0 spiro atoms. The van der Waals surface area contributed by atoms with Crippen molar-refractivity contribution in [2.24, 2.45) is 0 Å². The van der Waals surface area contributed by atoms with Gasteiger partial charge in [-0.15, -0.1) is 12.1 Å². The van der Waals surface area contributed by atoms with E-state index in [0.29, 0.717) is 0 Å². The van der Waals surface area contributed by atoms with Crippen molar-refractivity contribution < 1.29 is 16.8 Å². The van der Waals surface area contributed by atoms with E-state index in [4.69, 9.17) is 4.98 Å². The molecule has 0 heterocycles. The Morgan fingerprint density at radius 2 is 1.26 bits per heavy atom. The van der Waals surface area contributed by atoms with Crippen LogP contribution >= 0.6 is 0 Å². The fraction of sp³-hybridized carbons (Fsp3) is 1.00. The van der Waals surface area contributed by atoms with E-state index in [1.165, 1.54) is 18.1 Å². The predicted octanol–water partition coefficient (Wildman–Crippen LogP) is 5.92. The van der Waals surface area contributed by atoms with Crippen molar-refractivity contribution in [2.75, 3.05) is 27.2 Å². The van der Waals surface area contributed by atoms with Crippen LogP contribution in [0.25, 0.3) is 9.96 Å². The van der Waals surface area contributed by atoms with Crippen LogP contribution in [0.2, 0.25) is 37.8 Å². The number of nitrogens with zero attached hydrogens (tertiary/aromatic N) is 3. The van der Waals surface area contributed by atoms with Gasteiger partial charge in [0.05, 0.1) is 0 Å². The van der Waals surface area contributed by atoms with E-state index in [0.717, 1.165) is 13.1 Å². The summed E-state index contributed by atoms with van der Waals surface area (Å²) in [5.41, 5.74) is 0.175. The zero-order valence-electron chi connectivity index (χ0n) is 17.7. The summed E-state index contributed by atoms with van der Waals surface area (Å²) in [6.07, 6.45) is 0. The van der Waals surface area contributed by atoms with Crippen molar-refractivity contribution in [3.63, 3.8) is 0 Å². The van der Waals surface area contributed by atoms with E-state index in [1.807, 2.05) is 0 Å². The average Bonchev–Trinajstić information content (AvgIpc) is 2.33. The Balaban J connectivity index is -0.000000338. The number of likely N-dealkylation sites (N-methyl/N-ethyl adjacent to an activating group) is 1. The zero-order chi connectivity index (χ0) is 18.0. The van der Waals surface area contributed by atoms with Crippen LogP contribution in [0.4, 0.5) is 0 Å². The maximum Gasteiger partial charge on any atom is 3.00 e. The Morgan fingerprint density at radius 3 is 1.43 bits per heavy atom. The van der Waals surface area contributed by atoms with Gasteiger partial charge in [0, 0.05) is 0 Å². The van der Waals surface area contributed by atoms with E-state index in [9.17, 15) is 0 Å². The Hall–Kier alpha value is 0.820. The minimum atomic E-state index is -1.23. The molecule has 0 aliphatic heterocycles. The summed E-state index contributed by atoms with van der Waals surface area (Å²) in [4.78, 5) is 11.8. The first-order chi connectivity index (χ1) is 9.81. The summed E-state index contributed by atoms with van der Waals surface area (Å²) in [6.45, 7) is 22.4. The van der Waals surface area contributed by atoms with E-state index in [2.05, 4.69) is 85.2 Å². The van der Waals surface area contributed by atoms with Crippen molar-refractivity contribution in [1.29, 1.82) is 0 Å². The summed E-state index contributed by atoms with van der Waals surface area (Å²) in [7, 11) is 1.81. The molecule has 0 aliphatic carbocycles. The molecule has 0 aromatic rings. The summed E-state index contributed by atoms with van der Waals surface area (Å²) in [5, 5.41) is 0. The minimum absolute atomic E-state index is 0. The molecule has 0 aromatic carbocycles. The van der Waals surface area contributed by atoms with Crippen LogP contribution in [0.3, 0.4) is 0 Å². The first-order valence-corrected chi connectivity index (χ1v) is 14.9. The second-order valence-electron chi connectivity index (χ2n) is 8.42. The first kappa shape index (κ1) is 28.6. The van der Waals surface area contributed by atoms with Crippen molar-refractivity contribution in [3.05, 3.63) is 9.96 Å². The molecule has 0 fully saturated rings. The van der Waals surface area contributed by atoms with E-state index in [1.54, 1.807) is 0 Å². The van der Waals surface area contributed by atoms with Crippen LogP contribution in [0.1, 0.15) is 41.5 Å². The van der Waals surface area contributed by atoms with Crippen molar-refractivity contribution in [1.82, 2.24) is 4.90 Å². The molecular weight excluding hydrogens is 361 g/mol. The molecule has 3 nitrogen and oxygen atoms in total. The largest absolute Gasteiger partial charge is 3.00 e. The van der Waals surface area contributed by atoms with Crippen LogP contribution < -0.4 is 0 Å². The summed E-state index contributed by atoms with van der Waals surface area (Å²) in [6, 6.07) is 3.91. The van der Waals surface area contributed by atoms with E-state index in [-0.39, 0.29) is 22.3 Å². The fourth-order valence-corrected chi connectivity index (χ4v) is 6.45. The van der Waals surface area contributed by atoms with Gasteiger partial charge in [-0.2, -0.15) is 0 Å². The molecule has 0 unspecified atom stereocenters. The number of hydrogen-bond acceptors (Lipinski definition) is 1. The second-order valence-corrected chi connectivity index (χ2v) is 17.9. The van der Waals surface area contributed by atoms with Gasteiger partial charge < -0.3 is 14.9 Å². The van der Waals surface area contributed by atoms with Gasteiger partial charge in [-0.05, 0) is 20.6 Å². The van der Waals surface area contributed by atoms with Gasteiger partial charge in [-0.3, -0.25) is 0 Å². The maximum atomic E-state index is 5.03. The third-order valence-electron chi connectivity index (χ3n) is 3.68. The Kier molecular flexibility index (Phi) is 16.3. The van der Waals surface area contributed by atoms with Gasteiger partial charge >= 0.3 is 16.8 Å². The topological polar surface area (TPSA) is 31.4 Å². The Labute approximate surface area is 160 Å². The molecule has 142 valence electrons. The second kappa shape index (κ2) is 13.1. The zero-order valence-corrected chi connectivity index (χ0v) is 20.8. The third-order valence-corrected chi connectivity index (χ3v) is 9.95. The molecule has 0 saturated heterocycles. The van der Waals surface area contributed by atoms with Crippen LogP contribution in [0, 0.1) is 0 Å². The molecule has 0 bridgehead atoms. The van der Waals surface area contributed by atoms with Crippen LogP contribution in [-0.4, -0.2) is 54.1 Å². The molecule has 0 N–H and O–H groups in total. The molecule has 0 aromatic heterocycles. The van der Waals surface area contributed by atoms with Gasteiger partial charge in [-0.25, -0.2) is 0 Å². The van der Waals surface area contributed by atoms with Crippen LogP contribution in [-0.2, 0) is 16.8 Å². The van der Waals surface area contributed by atoms with Crippen molar-refractivity contribution in [2.45, 2.75) is 84.9 Å². The monoisotopic (exact) mass is 404 g/mol. The molecule has 0 atom stereocenters. The predicted molar refractivity (Wildman–Crippen MR) is 110 cm³/mol. The molecule has 0 amide bonds. The van der Waals surface area contributed by atoms with Crippen molar-refractivity contribution in [3.8, 4) is 0 Å². The molecule has 6 heteroatoms. The number of rotatable bonds is 8. The van der Waals surface area contributed by atoms with Gasteiger partial charge in [0.15, 0.2) is 0 Å². The van der Waals surface area contributed by atoms with Gasteiger partial charge in [-0.1, -0.05) is 95.8 Å². The molecule has 0 saturated carbocycles. The fourth-order valence-electron chi connectivity index (χ4n) is 2.28. The van der Waals surface area contributed by atoms with E-state index >= 15 is 0 Å². The Morgan fingerprint density at radius 1 is 0.870 bits per heavy atom. The van der Waals surface area contributed by atoms with Gasteiger partial charge in [0.1, 0.15) is 0 Å². The standard InChI is InChI=1S/C10H24NSi.C7H19N2Si.Co/c1-7-12(8-2,9-3)11-10(4,5)6;1-9(2)7-6-8-10(3,4)5;/h7-9H2,1-6H3;6-7H2,1-5H3;/q2*-1;+3. The SMILES string of the molecule is CC[Si](CC)(CC)[N-]C(C)(C)C.CN(C)CC[N-][Si](C)(C)C.[Co+3]. The molecule has 0 radical (unpaired) electrons. The van der Waals surface area contributed by atoms with Crippen LogP contribution in [0.5, 0.6) is 0 Å². The molecule has 0 aliphatic rings. The Bertz CT molecular complexity index is 262. The smallest absolute Gasteiger partial charge is 0.664 e. The van der Waals surface area contributed by atoms with Gasteiger partial charge in [0.2, 0.25) is 0 Å². The first-order valence-electron chi connectivity index (χ1n) is 8.88. The number of hydrogen-bond donors (Lipinski definition) is 0. The van der Waals surface area contributed by atoms with Crippen LogP contribution in [0.15, 0.2) is 0 Å². The molecule has 0 rings (SSSR count). The van der Waals surface area contributed by atoms with Crippen molar-refractivity contribution >= 4 is 16.5 Å². The van der Waals surface area contributed by atoms with E-state index < -0.39 is 16.5 Å². The molecule has 23 heavy (non-hydrogen) atoms. The normalized spacial score (nSPS) is 12.5. The average molecular weight is 405 g/mol. The maximum absolute atomic E-state index is 5.03. The minimum Gasteiger partial charge on any atom is -0.664 e. The summed E-state index contributed by atoms with van der Waals surface area (Å²) < 4.78 is 0. The quantitative estimate of drug-likeness (QED) is 0.462. The van der Waals surface area contributed by atoms with Gasteiger partial charge in [0.25, 0.3) is 0 Å². The third kappa shape index (κ3) is 19.0.